The number of rotatable bonds is 4. The van der Waals surface area contributed by atoms with Crippen LogP contribution in [0.5, 0.6) is 0 Å². The van der Waals surface area contributed by atoms with Gasteiger partial charge in [0.15, 0.2) is 0 Å². The lowest BCUT2D eigenvalue weighted by Crippen LogP contribution is -1.99. The van der Waals surface area contributed by atoms with E-state index >= 15 is 0 Å². The van der Waals surface area contributed by atoms with Crippen LogP contribution in [0.2, 0.25) is 0 Å². The van der Waals surface area contributed by atoms with Crippen LogP contribution in [0.4, 0.5) is 0 Å². The van der Waals surface area contributed by atoms with Gasteiger partial charge in [-0.3, -0.25) is 0 Å². The fraction of sp³-hybridized carbons (Fsp3) is 0.667. The topological polar surface area (TPSA) is 0 Å². The first kappa shape index (κ1) is 13.7. The minimum absolute atomic E-state index is 0.594. The zero-order chi connectivity index (χ0) is 13.4. The summed E-state index contributed by atoms with van der Waals surface area (Å²) in [7, 11) is 0. The fourth-order valence-electron chi connectivity index (χ4n) is 4.20. The molecule has 0 aromatic heterocycles. The first-order valence-corrected chi connectivity index (χ1v) is 8.93. The largest absolute Gasteiger partial charge is 0.0836 e. The minimum Gasteiger partial charge on any atom is -0.0836 e. The van der Waals surface area contributed by atoms with Crippen molar-refractivity contribution < 1.29 is 0 Å². The molecule has 0 radical (unpaired) electrons. The molecule has 0 aliphatic heterocycles. The van der Waals surface area contributed by atoms with Gasteiger partial charge in [-0.2, -0.15) is 0 Å². The molecule has 0 saturated heterocycles. The number of halogens is 1. The molecule has 0 N–H and O–H groups in total. The third kappa shape index (κ3) is 2.51. The molecule has 0 heterocycles. The number of hydrogen-bond acceptors (Lipinski definition) is 0. The van der Waals surface area contributed by atoms with Gasteiger partial charge < -0.3 is 0 Å². The van der Waals surface area contributed by atoms with Gasteiger partial charge in [0.25, 0.3) is 0 Å². The van der Waals surface area contributed by atoms with Gasteiger partial charge in [-0.15, -0.1) is 0 Å². The maximum atomic E-state index is 4.01. The Morgan fingerprint density at radius 1 is 1.05 bits per heavy atom. The molecule has 2 aliphatic rings. The Labute approximate surface area is 126 Å². The van der Waals surface area contributed by atoms with Crippen molar-refractivity contribution in [3.8, 4) is 0 Å². The Bertz CT molecular complexity index is 439. The van der Waals surface area contributed by atoms with E-state index in [0.717, 1.165) is 30.6 Å². The Kier molecular flexibility index (Phi) is 4.03. The Morgan fingerprint density at radius 2 is 1.68 bits per heavy atom. The van der Waals surface area contributed by atoms with E-state index in [9.17, 15) is 0 Å². The predicted octanol–water partition coefficient (Wildman–Crippen LogP) is 5.68. The highest BCUT2D eigenvalue weighted by Gasteiger charge is 2.53. The van der Waals surface area contributed by atoms with Crippen molar-refractivity contribution in [2.24, 2.45) is 17.8 Å². The van der Waals surface area contributed by atoms with E-state index in [1.165, 1.54) is 36.8 Å². The van der Waals surface area contributed by atoms with Crippen LogP contribution in [0.1, 0.15) is 61.0 Å². The second-order valence-electron chi connectivity index (χ2n) is 6.33. The van der Waals surface area contributed by atoms with Crippen molar-refractivity contribution in [2.45, 2.75) is 57.2 Å². The highest BCUT2D eigenvalue weighted by molar-refractivity contribution is 9.09. The molecule has 3 rings (SSSR count). The van der Waals surface area contributed by atoms with Gasteiger partial charge in [0.1, 0.15) is 0 Å². The van der Waals surface area contributed by atoms with Gasteiger partial charge in [-0.05, 0) is 60.1 Å². The maximum Gasteiger partial charge on any atom is 0.0429 e. The van der Waals surface area contributed by atoms with E-state index in [1.807, 2.05) is 0 Å². The van der Waals surface area contributed by atoms with Gasteiger partial charge in [0.2, 0.25) is 0 Å². The quantitative estimate of drug-likeness (QED) is 0.626. The van der Waals surface area contributed by atoms with Crippen LogP contribution in [0.15, 0.2) is 18.2 Å². The van der Waals surface area contributed by atoms with E-state index in [-0.39, 0.29) is 0 Å². The molecule has 1 aromatic rings. The lowest BCUT2D eigenvalue weighted by molar-refractivity contribution is 0.480. The highest BCUT2D eigenvalue weighted by Crippen LogP contribution is 2.62. The number of benzene rings is 1. The summed E-state index contributed by atoms with van der Waals surface area (Å²) in [6.45, 7) is 4.54. The van der Waals surface area contributed by atoms with E-state index in [0.29, 0.717) is 4.83 Å². The monoisotopic (exact) mass is 320 g/mol. The molecule has 104 valence electrons. The van der Waals surface area contributed by atoms with E-state index in [4.69, 9.17) is 0 Å². The molecule has 2 fully saturated rings. The summed E-state index contributed by atoms with van der Waals surface area (Å²) in [5.74, 6) is 2.96. The molecule has 0 spiro atoms. The molecule has 3 atom stereocenters. The molecule has 2 aliphatic carbocycles. The Balaban J connectivity index is 1.78. The van der Waals surface area contributed by atoms with Crippen LogP contribution in [0.25, 0.3) is 0 Å². The Morgan fingerprint density at radius 3 is 2.26 bits per heavy atom. The molecule has 1 heteroatoms. The normalized spacial score (nSPS) is 30.8. The first-order chi connectivity index (χ1) is 9.26. The van der Waals surface area contributed by atoms with Crippen molar-refractivity contribution in [3.63, 3.8) is 0 Å². The minimum atomic E-state index is 0.594. The molecule has 0 amide bonds. The number of alkyl halides is 1. The molecule has 1 aromatic carbocycles. The summed E-state index contributed by atoms with van der Waals surface area (Å²) in [6, 6.07) is 7.18. The van der Waals surface area contributed by atoms with E-state index < -0.39 is 0 Å². The van der Waals surface area contributed by atoms with Crippen LogP contribution in [-0.2, 0) is 12.8 Å². The molecular weight excluding hydrogens is 296 g/mol. The number of fused-ring (bicyclic) bond motifs is 1. The summed E-state index contributed by atoms with van der Waals surface area (Å²) in [5.41, 5.74) is 4.60. The van der Waals surface area contributed by atoms with E-state index in [2.05, 4.69) is 48.0 Å². The lowest BCUT2D eigenvalue weighted by Gasteiger charge is -2.14. The third-order valence-corrected chi connectivity index (χ3v) is 6.51. The fourth-order valence-corrected chi connectivity index (χ4v) is 5.26. The van der Waals surface area contributed by atoms with Gasteiger partial charge in [-0.1, -0.05) is 60.8 Å². The van der Waals surface area contributed by atoms with Crippen molar-refractivity contribution in [3.05, 3.63) is 34.9 Å². The van der Waals surface area contributed by atoms with Crippen LogP contribution in [0, 0.1) is 17.8 Å². The molecule has 2 saturated carbocycles. The smallest absolute Gasteiger partial charge is 0.0429 e. The van der Waals surface area contributed by atoms with Gasteiger partial charge in [0, 0.05) is 4.83 Å². The van der Waals surface area contributed by atoms with Crippen LogP contribution in [-0.4, -0.2) is 0 Å². The van der Waals surface area contributed by atoms with Crippen molar-refractivity contribution >= 4 is 15.9 Å². The average Bonchev–Trinajstić information content (AvgIpc) is 3.20. The van der Waals surface area contributed by atoms with Crippen LogP contribution in [0.3, 0.4) is 0 Å². The van der Waals surface area contributed by atoms with Gasteiger partial charge in [-0.25, -0.2) is 0 Å². The van der Waals surface area contributed by atoms with E-state index in [1.54, 1.807) is 5.56 Å². The summed E-state index contributed by atoms with van der Waals surface area (Å²) in [5, 5.41) is 0. The molecule has 3 unspecified atom stereocenters. The highest BCUT2D eigenvalue weighted by atomic mass is 79.9. The average molecular weight is 321 g/mol. The van der Waals surface area contributed by atoms with Crippen LogP contribution < -0.4 is 0 Å². The first-order valence-electron chi connectivity index (χ1n) is 8.02. The number of hydrogen-bond donors (Lipinski definition) is 0. The summed E-state index contributed by atoms with van der Waals surface area (Å²) >= 11 is 4.01. The molecule has 0 bridgehead atoms. The van der Waals surface area contributed by atoms with Crippen molar-refractivity contribution in [1.82, 2.24) is 0 Å². The predicted molar refractivity (Wildman–Crippen MR) is 85.8 cm³/mol. The summed E-state index contributed by atoms with van der Waals surface area (Å²) in [4.78, 5) is 0.594. The second kappa shape index (κ2) is 5.60. The molecular formula is C18H25Br. The zero-order valence-electron chi connectivity index (χ0n) is 12.2. The van der Waals surface area contributed by atoms with Crippen molar-refractivity contribution in [1.29, 1.82) is 0 Å². The van der Waals surface area contributed by atoms with Gasteiger partial charge >= 0.3 is 0 Å². The summed E-state index contributed by atoms with van der Waals surface area (Å²) < 4.78 is 0. The zero-order valence-corrected chi connectivity index (χ0v) is 13.7. The third-order valence-electron chi connectivity index (χ3n) is 5.37. The maximum absolute atomic E-state index is 4.01. The van der Waals surface area contributed by atoms with Crippen LogP contribution >= 0.6 is 15.9 Å². The lowest BCUT2D eigenvalue weighted by atomic mass is 9.97. The Hall–Kier alpha value is -0.300. The number of aryl methyl sites for hydroxylation is 2. The standard InChI is InChI=1S/C18H25Br/c1-3-12-9-10-14(11-13(12)4-2)18(19)17-15-7-5-6-8-16(15)17/h9-11,15-18H,3-8H2,1-2H3. The summed E-state index contributed by atoms with van der Waals surface area (Å²) in [6.07, 6.45) is 8.20. The second-order valence-corrected chi connectivity index (χ2v) is 7.31. The SMILES string of the molecule is CCc1ccc(C(Br)C2C3CCCCC32)cc1CC. The van der Waals surface area contributed by atoms with Crippen molar-refractivity contribution in [2.75, 3.05) is 0 Å². The van der Waals surface area contributed by atoms with Gasteiger partial charge in [0.05, 0.1) is 0 Å². The molecule has 0 nitrogen and oxygen atoms in total. The molecule has 19 heavy (non-hydrogen) atoms.